The first kappa shape index (κ1) is 12.6. The summed E-state index contributed by atoms with van der Waals surface area (Å²) in [6.45, 7) is 2.11. The van der Waals surface area contributed by atoms with Crippen LogP contribution in [0.5, 0.6) is 0 Å². The Labute approximate surface area is 104 Å². The van der Waals surface area contributed by atoms with Crippen molar-refractivity contribution in [3.8, 4) is 0 Å². The van der Waals surface area contributed by atoms with Gasteiger partial charge in [-0.3, -0.25) is 9.59 Å². The topological polar surface area (TPSA) is 101 Å². The fourth-order valence-electron chi connectivity index (χ4n) is 2.02. The lowest BCUT2D eigenvalue weighted by molar-refractivity contribution is -0.139. The molecule has 2 rings (SSSR count). The fraction of sp³-hybridized carbons (Fsp3) is 0.545. The third kappa shape index (κ3) is 2.67. The van der Waals surface area contributed by atoms with Crippen molar-refractivity contribution in [2.75, 3.05) is 19.6 Å². The van der Waals surface area contributed by atoms with Gasteiger partial charge in [0.05, 0.1) is 12.7 Å². The minimum absolute atomic E-state index is 0.0672. The Morgan fingerprint density at radius 1 is 1.50 bits per heavy atom. The number of hydrogen-bond acceptors (Lipinski definition) is 4. The van der Waals surface area contributed by atoms with E-state index in [0.717, 1.165) is 0 Å². The van der Waals surface area contributed by atoms with Crippen LogP contribution in [0.25, 0.3) is 0 Å². The number of nitrogens with two attached hydrogens (primary N) is 1. The van der Waals surface area contributed by atoms with Gasteiger partial charge in [-0.15, -0.1) is 0 Å². The van der Waals surface area contributed by atoms with E-state index in [9.17, 15) is 9.59 Å². The molecule has 1 fully saturated rings. The summed E-state index contributed by atoms with van der Waals surface area (Å²) in [6, 6.07) is 0. The number of imidazole rings is 1. The van der Waals surface area contributed by atoms with Crippen LogP contribution in [0.1, 0.15) is 16.9 Å². The molecule has 0 unspecified atom stereocenters. The molecule has 0 aliphatic carbocycles. The monoisotopic (exact) mass is 252 g/mol. The molecule has 3 N–H and O–H groups in total. The first-order valence-electron chi connectivity index (χ1n) is 5.83. The van der Waals surface area contributed by atoms with Gasteiger partial charge in [0.15, 0.2) is 0 Å². The van der Waals surface area contributed by atoms with Gasteiger partial charge in [-0.05, 0) is 0 Å². The van der Waals surface area contributed by atoms with E-state index in [1.54, 1.807) is 22.0 Å². The van der Waals surface area contributed by atoms with Crippen LogP contribution in [0.3, 0.4) is 0 Å². The maximum absolute atomic E-state index is 11.9. The molecule has 0 aromatic carbocycles. The Morgan fingerprint density at radius 2 is 2.22 bits per heavy atom. The largest absolute Gasteiger partial charge is 0.481 e. The summed E-state index contributed by atoms with van der Waals surface area (Å²) in [5.74, 6) is -0.899. The third-order valence-corrected chi connectivity index (χ3v) is 2.95. The normalized spacial score (nSPS) is 15.5. The molecular weight excluding hydrogens is 236 g/mol. The molecule has 1 aliphatic rings. The first-order valence-corrected chi connectivity index (χ1v) is 5.83. The lowest BCUT2D eigenvalue weighted by atomic mass is 9.96. The molecule has 2 heterocycles. The fourth-order valence-corrected chi connectivity index (χ4v) is 2.02. The molecule has 1 aromatic heterocycles. The van der Waals surface area contributed by atoms with Crippen LogP contribution in [0.4, 0.5) is 0 Å². The summed E-state index contributed by atoms with van der Waals surface area (Å²) in [5.41, 5.74) is 5.79. The average molecular weight is 252 g/mol. The van der Waals surface area contributed by atoms with Crippen LogP contribution in [0.15, 0.2) is 12.5 Å². The number of aliphatic carboxylic acids is 1. The molecular formula is C11H16N4O3. The molecule has 0 saturated carbocycles. The summed E-state index contributed by atoms with van der Waals surface area (Å²) in [5, 5.41) is 8.62. The highest BCUT2D eigenvalue weighted by Gasteiger charge is 2.33. The molecule has 0 spiro atoms. The van der Waals surface area contributed by atoms with E-state index in [-0.39, 0.29) is 18.2 Å². The van der Waals surface area contributed by atoms with E-state index in [2.05, 4.69) is 4.98 Å². The van der Waals surface area contributed by atoms with E-state index < -0.39 is 5.97 Å². The zero-order chi connectivity index (χ0) is 13.1. The molecule has 98 valence electrons. The van der Waals surface area contributed by atoms with Crippen LogP contribution < -0.4 is 5.73 Å². The van der Waals surface area contributed by atoms with Gasteiger partial charge in [0.25, 0.3) is 5.91 Å². The quantitative estimate of drug-likeness (QED) is 0.727. The van der Waals surface area contributed by atoms with E-state index in [0.29, 0.717) is 31.9 Å². The van der Waals surface area contributed by atoms with E-state index in [1.165, 1.54) is 0 Å². The molecule has 1 aliphatic heterocycles. The van der Waals surface area contributed by atoms with Gasteiger partial charge in [-0.25, -0.2) is 4.98 Å². The molecule has 0 bridgehead atoms. The Kier molecular flexibility index (Phi) is 3.61. The minimum Gasteiger partial charge on any atom is -0.481 e. The molecule has 0 atom stereocenters. The third-order valence-electron chi connectivity index (χ3n) is 2.95. The second-order valence-electron chi connectivity index (χ2n) is 4.46. The van der Waals surface area contributed by atoms with Crippen molar-refractivity contribution in [2.45, 2.75) is 13.0 Å². The number of aromatic nitrogens is 2. The molecule has 7 nitrogen and oxygen atoms in total. The highest BCUT2D eigenvalue weighted by molar-refractivity contribution is 5.92. The van der Waals surface area contributed by atoms with Crippen molar-refractivity contribution in [1.82, 2.24) is 14.5 Å². The van der Waals surface area contributed by atoms with Gasteiger partial charge in [-0.2, -0.15) is 0 Å². The van der Waals surface area contributed by atoms with Crippen molar-refractivity contribution in [3.05, 3.63) is 18.2 Å². The molecule has 1 saturated heterocycles. The zero-order valence-corrected chi connectivity index (χ0v) is 9.95. The molecule has 18 heavy (non-hydrogen) atoms. The second-order valence-corrected chi connectivity index (χ2v) is 4.46. The van der Waals surface area contributed by atoms with E-state index >= 15 is 0 Å². The van der Waals surface area contributed by atoms with Crippen molar-refractivity contribution < 1.29 is 14.7 Å². The zero-order valence-electron chi connectivity index (χ0n) is 9.95. The van der Waals surface area contributed by atoms with Crippen molar-refractivity contribution in [3.63, 3.8) is 0 Å². The number of carbonyl (C=O) groups excluding carboxylic acids is 1. The highest BCUT2D eigenvalue weighted by Crippen LogP contribution is 2.20. The summed E-state index contributed by atoms with van der Waals surface area (Å²) >= 11 is 0. The Bertz CT molecular complexity index is 451. The maximum atomic E-state index is 11.9. The van der Waals surface area contributed by atoms with Crippen LogP contribution in [0, 0.1) is 5.92 Å². The number of carboxylic acids is 1. The summed E-state index contributed by atoms with van der Waals surface area (Å²) < 4.78 is 1.77. The predicted octanol–water partition coefficient (Wildman–Crippen LogP) is -0.611. The molecule has 1 amide bonds. The number of carbonyl (C=O) groups is 2. The smallest absolute Gasteiger partial charge is 0.303 e. The van der Waals surface area contributed by atoms with Gasteiger partial charge >= 0.3 is 5.97 Å². The second kappa shape index (κ2) is 5.18. The van der Waals surface area contributed by atoms with E-state index in [4.69, 9.17) is 10.8 Å². The Hall–Kier alpha value is -1.89. The standard InChI is InChI=1S/C11H16N4O3/c12-1-2-14-6-9(13-7-14)11(18)15-4-8(5-15)3-10(16)17/h6-8H,1-5,12H2,(H,16,17). The number of carboxylic acid groups (broad SMARTS) is 1. The lowest BCUT2D eigenvalue weighted by Crippen LogP contribution is -2.50. The van der Waals surface area contributed by atoms with Gasteiger partial charge in [0.1, 0.15) is 5.69 Å². The number of rotatable bonds is 5. The van der Waals surface area contributed by atoms with Gasteiger partial charge in [0, 0.05) is 38.3 Å². The van der Waals surface area contributed by atoms with E-state index in [1.807, 2.05) is 0 Å². The first-order chi connectivity index (χ1) is 8.60. The Balaban J connectivity index is 1.87. The molecule has 1 aromatic rings. The number of likely N-dealkylation sites (tertiary alicyclic amines) is 1. The summed E-state index contributed by atoms with van der Waals surface area (Å²) in [7, 11) is 0. The number of amides is 1. The van der Waals surface area contributed by atoms with Crippen LogP contribution in [-0.2, 0) is 11.3 Å². The summed E-state index contributed by atoms with van der Waals surface area (Å²) in [6.07, 6.45) is 3.36. The minimum atomic E-state index is -0.820. The van der Waals surface area contributed by atoms with Crippen LogP contribution in [0.2, 0.25) is 0 Å². The van der Waals surface area contributed by atoms with Crippen LogP contribution >= 0.6 is 0 Å². The number of nitrogens with zero attached hydrogens (tertiary/aromatic N) is 3. The van der Waals surface area contributed by atoms with Crippen LogP contribution in [-0.4, -0.2) is 51.1 Å². The van der Waals surface area contributed by atoms with Crippen molar-refractivity contribution in [1.29, 1.82) is 0 Å². The Morgan fingerprint density at radius 3 is 2.83 bits per heavy atom. The molecule has 0 radical (unpaired) electrons. The van der Waals surface area contributed by atoms with Gasteiger partial charge in [0.2, 0.25) is 0 Å². The van der Waals surface area contributed by atoms with Crippen molar-refractivity contribution in [2.24, 2.45) is 11.7 Å². The van der Waals surface area contributed by atoms with Gasteiger partial charge in [-0.1, -0.05) is 0 Å². The van der Waals surface area contributed by atoms with Gasteiger partial charge < -0.3 is 20.3 Å². The predicted molar refractivity (Wildman–Crippen MR) is 62.9 cm³/mol. The summed E-state index contributed by atoms with van der Waals surface area (Å²) in [4.78, 5) is 28.1. The highest BCUT2D eigenvalue weighted by atomic mass is 16.4. The average Bonchev–Trinajstić information content (AvgIpc) is 2.71. The number of hydrogen-bond donors (Lipinski definition) is 2. The SMILES string of the molecule is NCCn1cnc(C(=O)N2CC(CC(=O)O)C2)c1. The van der Waals surface area contributed by atoms with Crippen molar-refractivity contribution >= 4 is 11.9 Å². The lowest BCUT2D eigenvalue weighted by Gasteiger charge is -2.38. The molecule has 7 heteroatoms. The maximum Gasteiger partial charge on any atom is 0.303 e.